The predicted molar refractivity (Wildman–Crippen MR) is 67.4 cm³/mol. The maximum atomic E-state index is 5.69. The summed E-state index contributed by atoms with van der Waals surface area (Å²) in [6.07, 6.45) is 2.59. The van der Waals surface area contributed by atoms with E-state index >= 15 is 0 Å². The van der Waals surface area contributed by atoms with Gasteiger partial charge in [0.25, 0.3) is 0 Å². The van der Waals surface area contributed by atoms with Crippen LogP contribution in [0.25, 0.3) is 10.9 Å². The van der Waals surface area contributed by atoms with Crippen LogP contribution in [-0.2, 0) is 6.54 Å². The molecule has 1 aromatic carbocycles. The van der Waals surface area contributed by atoms with E-state index in [2.05, 4.69) is 22.1 Å². The number of benzene rings is 1. The Morgan fingerprint density at radius 1 is 1.31 bits per heavy atom. The van der Waals surface area contributed by atoms with Crippen LogP contribution in [-0.4, -0.2) is 10.8 Å². The van der Waals surface area contributed by atoms with E-state index in [0.29, 0.717) is 12.4 Å². The SMILES string of the molecule is CCC(N)=NCc1cccc2cccnc12. The Labute approximate surface area is 95.0 Å². The van der Waals surface area contributed by atoms with Gasteiger partial charge in [-0.3, -0.25) is 9.98 Å². The first-order valence-corrected chi connectivity index (χ1v) is 5.42. The minimum atomic E-state index is 0.605. The number of hydrogen-bond donors (Lipinski definition) is 1. The van der Waals surface area contributed by atoms with Gasteiger partial charge in [0, 0.05) is 18.0 Å². The Balaban J connectivity index is 2.37. The largest absolute Gasteiger partial charge is 0.387 e. The Bertz CT molecular complexity index is 512. The van der Waals surface area contributed by atoms with Crippen molar-refractivity contribution in [2.24, 2.45) is 10.7 Å². The molecule has 1 aromatic heterocycles. The number of nitrogens with zero attached hydrogens (tertiary/aromatic N) is 2. The third kappa shape index (κ3) is 2.19. The van der Waals surface area contributed by atoms with E-state index in [0.717, 1.165) is 22.9 Å². The summed E-state index contributed by atoms with van der Waals surface area (Å²) in [5.74, 6) is 0.688. The molecule has 16 heavy (non-hydrogen) atoms. The standard InChI is InChI=1S/C13H15N3/c1-2-12(14)16-9-11-6-3-5-10-7-4-8-15-13(10)11/h3-8H,2,9H2,1H3,(H2,14,16). The quantitative estimate of drug-likeness (QED) is 0.629. The number of aliphatic imine (C=N–C) groups is 1. The first-order chi connectivity index (χ1) is 7.81. The van der Waals surface area contributed by atoms with E-state index in [4.69, 9.17) is 5.73 Å². The van der Waals surface area contributed by atoms with E-state index in [1.54, 1.807) is 6.20 Å². The van der Waals surface area contributed by atoms with Crippen LogP contribution in [0.3, 0.4) is 0 Å². The zero-order valence-corrected chi connectivity index (χ0v) is 9.35. The van der Waals surface area contributed by atoms with Gasteiger partial charge in [-0.25, -0.2) is 0 Å². The lowest BCUT2D eigenvalue weighted by Gasteiger charge is -2.03. The van der Waals surface area contributed by atoms with Gasteiger partial charge in [-0.05, 0) is 11.6 Å². The Kier molecular flexibility index (Phi) is 3.15. The smallest absolute Gasteiger partial charge is 0.0938 e. The average molecular weight is 213 g/mol. The van der Waals surface area contributed by atoms with Crippen molar-refractivity contribution in [3.8, 4) is 0 Å². The predicted octanol–water partition coefficient (Wildman–Crippen LogP) is 2.50. The van der Waals surface area contributed by atoms with Crippen LogP contribution >= 0.6 is 0 Å². The van der Waals surface area contributed by atoms with Crippen molar-refractivity contribution in [1.29, 1.82) is 0 Å². The highest BCUT2D eigenvalue weighted by atomic mass is 14.8. The molecule has 0 aliphatic carbocycles. The summed E-state index contributed by atoms with van der Waals surface area (Å²) in [6, 6.07) is 10.1. The molecule has 0 aliphatic heterocycles. The van der Waals surface area contributed by atoms with Gasteiger partial charge in [-0.2, -0.15) is 0 Å². The molecule has 0 spiro atoms. The molecule has 0 bridgehead atoms. The number of aromatic nitrogens is 1. The van der Waals surface area contributed by atoms with E-state index < -0.39 is 0 Å². The third-order valence-corrected chi connectivity index (χ3v) is 2.53. The second-order valence-electron chi connectivity index (χ2n) is 3.65. The maximum absolute atomic E-state index is 5.69. The number of pyridine rings is 1. The molecule has 2 rings (SSSR count). The number of fused-ring (bicyclic) bond motifs is 1. The highest BCUT2D eigenvalue weighted by Crippen LogP contribution is 2.16. The van der Waals surface area contributed by atoms with Crippen LogP contribution in [0.5, 0.6) is 0 Å². The minimum absolute atomic E-state index is 0.605. The molecule has 0 saturated carbocycles. The van der Waals surface area contributed by atoms with Gasteiger partial charge in [-0.15, -0.1) is 0 Å². The summed E-state index contributed by atoms with van der Waals surface area (Å²) in [5, 5.41) is 1.14. The van der Waals surface area contributed by atoms with Gasteiger partial charge in [0.2, 0.25) is 0 Å². The minimum Gasteiger partial charge on any atom is -0.387 e. The maximum Gasteiger partial charge on any atom is 0.0938 e. The molecule has 0 amide bonds. The summed E-state index contributed by atoms with van der Waals surface area (Å²) in [6.45, 7) is 2.61. The van der Waals surface area contributed by atoms with Crippen molar-refractivity contribution in [2.45, 2.75) is 19.9 Å². The lowest BCUT2D eigenvalue weighted by Crippen LogP contribution is -2.09. The van der Waals surface area contributed by atoms with Gasteiger partial charge < -0.3 is 5.73 Å². The van der Waals surface area contributed by atoms with Crippen LogP contribution in [0.2, 0.25) is 0 Å². The summed E-state index contributed by atoms with van der Waals surface area (Å²) < 4.78 is 0. The molecule has 2 N–H and O–H groups in total. The molecule has 1 heterocycles. The Morgan fingerprint density at radius 2 is 2.12 bits per heavy atom. The summed E-state index contributed by atoms with van der Waals surface area (Å²) in [7, 11) is 0. The van der Waals surface area contributed by atoms with Crippen molar-refractivity contribution in [2.75, 3.05) is 0 Å². The van der Waals surface area contributed by atoms with E-state index in [1.165, 1.54) is 0 Å². The van der Waals surface area contributed by atoms with E-state index in [1.807, 2.05) is 25.1 Å². The monoisotopic (exact) mass is 213 g/mol. The van der Waals surface area contributed by atoms with Crippen molar-refractivity contribution < 1.29 is 0 Å². The Hall–Kier alpha value is -1.90. The van der Waals surface area contributed by atoms with Crippen LogP contribution in [0.4, 0.5) is 0 Å². The van der Waals surface area contributed by atoms with Crippen molar-refractivity contribution >= 4 is 16.7 Å². The van der Waals surface area contributed by atoms with Crippen LogP contribution in [0.1, 0.15) is 18.9 Å². The zero-order chi connectivity index (χ0) is 11.4. The molecule has 2 aromatic rings. The number of rotatable bonds is 3. The number of nitrogens with two attached hydrogens (primary N) is 1. The highest BCUT2D eigenvalue weighted by Gasteiger charge is 2.00. The third-order valence-electron chi connectivity index (χ3n) is 2.53. The molecule has 0 saturated heterocycles. The highest BCUT2D eigenvalue weighted by molar-refractivity contribution is 5.83. The van der Waals surface area contributed by atoms with Crippen molar-refractivity contribution in [3.63, 3.8) is 0 Å². The number of amidine groups is 1. The van der Waals surface area contributed by atoms with Gasteiger partial charge in [-0.1, -0.05) is 31.2 Å². The Morgan fingerprint density at radius 3 is 2.94 bits per heavy atom. The van der Waals surface area contributed by atoms with Crippen LogP contribution < -0.4 is 5.73 Å². The second kappa shape index (κ2) is 4.75. The summed E-state index contributed by atoms with van der Waals surface area (Å²) in [4.78, 5) is 8.69. The van der Waals surface area contributed by atoms with E-state index in [-0.39, 0.29) is 0 Å². The fourth-order valence-electron chi connectivity index (χ4n) is 1.59. The molecule has 0 atom stereocenters. The normalized spacial score (nSPS) is 11.9. The average Bonchev–Trinajstić information content (AvgIpc) is 2.35. The van der Waals surface area contributed by atoms with Gasteiger partial charge >= 0.3 is 0 Å². The molecule has 3 nitrogen and oxygen atoms in total. The lowest BCUT2D eigenvalue weighted by molar-refractivity contribution is 1.04. The molecule has 0 aliphatic rings. The van der Waals surface area contributed by atoms with Crippen molar-refractivity contribution in [3.05, 3.63) is 42.1 Å². The second-order valence-corrected chi connectivity index (χ2v) is 3.65. The summed E-state index contributed by atoms with van der Waals surface area (Å²) in [5.41, 5.74) is 7.83. The molecule has 3 heteroatoms. The summed E-state index contributed by atoms with van der Waals surface area (Å²) >= 11 is 0. The first-order valence-electron chi connectivity index (χ1n) is 5.42. The molecule has 0 radical (unpaired) electrons. The zero-order valence-electron chi connectivity index (χ0n) is 9.35. The number of para-hydroxylation sites is 1. The topological polar surface area (TPSA) is 51.3 Å². The van der Waals surface area contributed by atoms with Crippen LogP contribution in [0, 0.1) is 0 Å². The van der Waals surface area contributed by atoms with Gasteiger partial charge in [0.15, 0.2) is 0 Å². The van der Waals surface area contributed by atoms with Gasteiger partial charge in [0.1, 0.15) is 0 Å². The fourth-order valence-corrected chi connectivity index (χ4v) is 1.59. The lowest BCUT2D eigenvalue weighted by atomic mass is 10.1. The molecule has 0 fully saturated rings. The molecule has 82 valence electrons. The van der Waals surface area contributed by atoms with E-state index in [9.17, 15) is 0 Å². The molecular formula is C13H15N3. The molecular weight excluding hydrogens is 198 g/mol. The van der Waals surface area contributed by atoms with Crippen LogP contribution in [0.15, 0.2) is 41.5 Å². The fraction of sp³-hybridized carbons (Fsp3) is 0.231. The van der Waals surface area contributed by atoms with Gasteiger partial charge in [0.05, 0.1) is 17.9 Å². The van der Waals surface area contributed by atoms with Crippen molar-refractivity contribution in [1.82, 2.24) is 4.98 Å². The first kappa shape index (κ1) is 10.6. The number of hydrogen-bond acceptors (Lipinski definition) is 2. The molecule has 0 unspecified atom stereocenters.